The van der Waals surface area contributed by atoms with Crippen LogP contribution in [0.2, 0.25) is 0 Å². The average Bonchev–Trinajstić information content (AvgIpc) is 3.04. The molecule has 0 aliphatic carbocycles. The Morgan fingerprint density at radius 1 is 1.07 bits per heavy atom. The number of amides is 1. The van der Waals surface area contributed by atoms with E-state index in [2.05, 4.69) is 45.9 Å². The minimum Gasteiger partial charge on any atom is -0.497 e. The summed E-state index contributed by atoms with van der Waals surface area (Å²) in [7, 11) is 3.43. The van der Waals surface area contributed by atoms with Gasteiger partial charge in [0.1, 0.15) is 18.1 Å². The standard InChI is InChI=1S/C34H43N3O5/c1-39-19-6-17-37-18-20-41-32-14-9-25(21-31(32)37)24-42-33-23-36-28(15-16-35-34(38)27-7-4-3-5-8-27)22-30(33)26-10-12-29(40-2)13-11-26/h3-5,7-14,21,28,30,33,36H,6,15-20,22-24H2,1-2H3,(H,35,38)/t28?,30?,33-/m0/s1. The molecule has 5 rings (SSSR count). The SMILES string of the molecule is COCCCN1CCOc2ccc(CO[C@H]3CNC(CCNC(=O)c4ccccc4)CC3c3ccc(OC)cc3)cc21. The van der Waals surface area contributed by atoms with Gasteiger partial charge < -0.3 is 34.5 Å². The molecule has 2 aliphatic rings. The van der Waals surface area contributed by atoms with Crippen molar-refractivity contribution in [3.63, 3.8) is 0 Å². The number of carbonyl (C=O) groups excluding carboxylic acids is 1. The molecule has 0 spiro atoms. The van der Waals surface area contributed by atoms with Crippen molar-refractivity contribution >= 4 is 11.6 Å². The van der Waals surface area contributed by atoms with E-state index in [9.17, 15) is 4.79 Å². The van der Waals surface area contributed by atoms with Gasteiger partial charge in [0.15, 0.2) is 0 Å². The van der Waals surface area contributed by atoms with Crippen LogP contribution in [-0.4, -0.2) is 71.7 Å². The van der Waals surface area contributed by atoms with Crippen molar-refractivity contribution in [3.05, 3.63) is 89.5 Å². The van der Waals surface area contributed by atoms with Crippen LogP contribution in [0.15, 0.2) is 72.8 Å². The maximum absolute atomic E-state index is 12.5. The van der Waals surface area contributed by atoms with Crippen LogP contribution in [0.3, 0.4) is 0 Å². The highest BCUT2D eigenvalue weighted by Gasteiger charge is 2.32. The molecule has 2 aliphatic heterocycles. The van der Waals surface area contributed by atoms with Crippen molar-refractivity contribution in [3.8, 4) is 11.5 Å². The molecule has 8 heteroatoms. The van der Waals surface area contributed by atoms with Crippen LogP contribution in [0.25, 0.3) is 0 Å². The Kier molecular flexibility index (Phi) is 10.7. The van der Waals surface area contributed by atoms with Gasteiger partial charge in [0.2, 0.25) is 0 Å². The van der Waals surface area contributed by atoms with Crippen LogP contribution in [0.1, 0.15) is 46.7 Å². The van der Waals surface area contributed by atoms with Gasteiger partial charge in [-0.15, -0.1) is 0 Å². The highest BCUT2D eigenvalue weighted by molar-refractivity contribution is 5.94. The van der Waals surface area contributed by atoms with Gasteiger partial charge in [-0.05, 0) is 66.8 Å². The second kappa shape index (κ2) is 15.0. The minimum atomic E-state index is -0.0352. The summed E-state index contributed by atoms with van der Waals surface area (Å²) >= 11 is 0. The summed E-state index contributed by atoms with van der Waals surface area (Å²) in [6, 6.07) is 24.3. The van der Waals surface area contributed by atoms with Gasteiger partial charge in [-0.2, -0.15) is 0 Å². The van der Waals surface area contributed by atoms with Crippen molar-refractivity contribution < 1.29 is 23.7 Å². The Morgan fingerprint density at radius 3 is 2.69 bits per heavy atom. The van der Waals surface area contributed by atoms with Crippen molar-refractivity contribution in [2.24, 2.45) is 0 Å². The van der Waals surface area contributed by atoms with E-state index >= 15 is 0 Å². The van der Waals surface area contributed by atoms with Gasteiger partial charge in [0, 0.05) is 50.9 Å². The monoisotopic (exact) mass is 573 g/mol. The number of methoxy groups -OCH3 is 2. The predicted octanol–water partition coefficient (Wildman–Crippen LogP) is 4.78. The van der Waals surface area contributed by atoms with Gasteiger partial charge in [-0.1, -0.05) is 36.4 Å². The Balaban J connectivity index is 1.22. The van der Waals surface area contributed by atoms with Crippen molar-refractivity contribution in [2.75, 3.05) is 58.5 Å². The number of fused-ring (bicyclic) bond motifs is 1. The Labute approximate surface area is 249 Å². The first-order valence-electron chi connectivity index (χ1n) is 15.0. The van der Waals surface area contributed by atoms with Crippen molar-refractivity contribution in [1.29, 1.82) is 0 Å². The third-order valence-electron chi connectivity index (χ3n) is 8.18. The van der Waals surface area contributed by atoms with Crippen molar-refractivity contribution in [2.45, 2.75) is 43.9 Å². The topological polar surface area (TPSA) is 81.3 Å². The fraction of sp³-hybridized carbons (Fsp3) is 0.441. The molecule has 42 heavy (non-hydrogen) atoms. The second-order valence-electron chi connectivity index (χ2n) is 11.0. The van der Waals surface area contributed by atoms with Gasteiger partial charge in [-0.25, -0.2) is 0 Å². The molecule has 3 aromatic rings. The van der Waals surface area contributed by atoms with Gasteiger partial charge >= 0.3 is 0 Å². The summed E-state index contributed by atoms with van der Waals surface area (Å²) < 4.78 is 23.2. The molecule has 0 aromatic heterocycles. The summed E-state index contributed by atoms with van der Waals surface area (Å²) in [6.45, 7) is 5.14. The average molecular weight is 574 g/mol. The smallest absolute Gasteiger partial charge is 0.251 e. The normalized spacial score (nSPS) is 20.0. The molecular weight excluding hydrogens is 530 g/mol. The van der Waals surface area contributed by atoms with Crippen LogP contribution in [-0.2, 0) is 16.1 Å². The fourth-order valence-corrected chi connectivity index (χ4v) is 5.86. The third kappa shape index (κ3) is 7.82. The molecular formula is C34H43N3O5. The predicted molar refractivity (Wildman–Crippen MR) is 165 cm³/mol. The molecule has 2 heterocycles. The number of rotatable bonds is 13. The molecule has 3 aromatic carbocycles. The van der Waals surface area contributed by atoms with Crippen molar-refractivity contribution in [1.82, 2.24) is 10.6 Å². The molecule has 224 valence electrons. The molecule has 1 amide bonds. The lowest BCUT2D eigenvalue weighted by molar-refractivity contribution is 0.00230. The number of hydrogen-bond donors (Lipinski definition) is 2. The number of nitrogens with zero attached hydrogens (tertiary/aromatic N) is 1. The first-order valence-corrected chi connectivity index (χ1v) is 15.0. The van der Waals surface area contributed by atoms with Crippen LogP contribution >= 0.6 is 0 Å². The molecule has 0 radical (unpaired) electrons. The van der Waals surface area contributed by atoms with E-state index in [4.69, 9.17) is 18.9 Å². The van der Waals surface area contributed by atoms with Gasteiger partial charge in [0.25, 0.3) is 5.91 Å². The molecule has 2 N–H and O–H groups in total. The fourth-order valence-electron chi connectivity index (χ4n) is 5.86. The van der Waals surface area contributed by atoms with Crippen LogP contribution < -0.4 is 25.0 Å². The van der Waals surface area contributed by atoms with E-state index in [1.807, 2.05) is 42.5 Å². The quantitative estimate of drug-likeness (QED) is 0.285. The maximum Gasteiger partial charge on any atom is 0.251 e. The lowest BCUT2D eigenvalue weighted by Gasteiger charge is -2.37. The highest BCUT2D eigenvalue weighted by Crippen LogP contribution is 2.35. The first-order chi connectivity index (χ1) is 20.6. The number of benzene rings is 3. The van der Waals surface area contributed by atoms with Crippen LogP contribution in [0.5, 0.6) is 11.5 Å². The maximum atomic E-state index is 12.5. The largest absolute Gasteiger partial charge is 0.497 e. The zero-order valence-electron chi connectivity index (χ0n) is 24.7. The summed E-state index contributed by atoms with van der Waals surface area (Å²) in [5.41, 5.74) is 4.19. The third-order valence-corrected chi connectivity index (χ3v) is 8.18. The number of piperidine rings is 1. The van der Waals surface area contributed by atoms with E-state index in [-0.39, 0.29) is 24.0 Å². The summed E-state index contributed by atoms with van der Waals surface area (Å²) in [5, 5.41) is 6.76. The molecule has 1 fully saturated rings. The second-order valence-corrected chi connectivity index (χ2v) is 11.0. The molecule has 2 unspecified atom stereocenters. The zero-order valence-corrected chi connectivity index (χ0v) is 24.7. The molecule has 0 saturated carbocycles. The first kappa shape index (κ1) is 29.9. The number of anilines is 1. The summed E-state index contributed by atoms with van der Waals surface area (Å²) in [4.78, 5) is 14.9. The molecule has 3 atom stereocenters. The highest BCUT2D eigenvalue weighted by atomic mass is 16.5. The lowest BCUT2D eigenvalue weighted by Crippen LogP contribution is -2.48. The van der Waals surface area contributed by atoms with E-state index < -0.39 is 0 Å². The minimum absolute atomic E-state index is 0.0126. The Morgan fingerprint density at radius 2 is 1.90 bits per heavy atom. The van der Waals surface area contributed by atoms with Crippen LogP contribution in [0.4, 0.5) is 5.69 Å². The number of ether oxygens (including phenoxy) is 4. The Bertz CT molecular complexity index is 1270. The van der Waals surface area contributed by atoms with E-state index in [1.54, 1.807) is 14.2 Å². The van der Waals surface area contributed by atoms with E-state index in [1.165, 1.54) is 5.56 Å². The molecule has 1 saturated heterocycles. The van der Waals surface area contributed by atoms with Gasteiger partial charge in [-0.3, -0.25) is 4.79 Å². The number of hydrogen-bond acceptors (Lipinski definition) is 7. The lowest BCUT2D eigenvalue weighted by atomic mass is 9.83. The summed E-state index contributed by atoms with van der Waals surface area (Å²) in [5.74, 6) is 1.96. The van der Waals surface area contributed by atoms with E-state index in [0.29, 0.717) is 25.3 Å². The number of nitrogens with one attached hydrogen (secondary N) is 2. The number of carbonyl (C=O) groups is 1. The van der Waals surface area contributed by atoms with Gasteiger partial charge in [0.05, 0.1) is 32.1 Å². The van der Waals surface area contributed by atoms with Crippen LogP contribution in [0, 0.1) is 0 Å². The molecule has 0 bridgehead atoms. The molecule has 8 nitrogen and oxygen atoms in total. The van der Waals surface area contributed by atoms with E-state index in [0.717, 1.165) is 68.3 Å². The zero-order chi connectivity index (χ0) is 29.1. The Hall–Kier alpha value is -3.59. The summed E-state index contributed by atoms with van der Waals surface area (Å²) in [6.07, 6.45) is 2.76.